The highest BCUT2D eigenvalue weighted by Gasteiger charge is 2.22. The van der Waals surface area contributed by atoms with Crippen LogP contribution in [0.3, 0.4) is 0 Å². The number of ether oxygens (including phenoxy) is 1. The number of amides is 1. The van der Waals surface area contributed by atoms with E-state index in [4.69, 9.17) is 4.74 Å². The van der Waals surface area contributed by atoms with Gasteiger partial charge in [-0.3, -0.25) is 0 Å². The van der Waals surface area contributed by atoms with Gasteiger partial charge in [-0.15, -0.1) is 0 Å². The normalized spacial score (nSPS) is 18.2. The second kappa shape index (κ2) is 9.35. The lowest BCUT2D eigenvalue weighted by Gasteiger charge is -2.35. The van der Waals surface area contributed by atoms with Crippen molar-refractivity contribution >= 4 is 22.6 Å². The zero-order valence-electron chi connectivity index (χ0n) is 17.1. The van der Waals surface area contributed by atoms with Crippen LogP contribution in [0.4, 0.5) is 10.5 Å². The molecule has 2 aromatic rings. The molecule has 156 valence electrons. The van der Waals surface area contributed by atoms with Crippen molar-refractivity contribution in [2.24, 2.45) is 0 Å². The van der Waals surface area contributed by atoms with E-state index in [9.17, 15) is 9.90 Å². The second-order valence-corrected chi connectivity index (χ2v) is 7.99. The molecular formula is C23H31N3O3. The molecule has 0 aromatic heterocycles. The van der Waals surface area contributed by atoms with Crippen molar-refractivity contribution < 1.29 is 14.6 Å². The summed E-state index contributed by atoms with van der Waals surface area (Å²) in [4.78, 5) is 17.5. The molecule has 2 aliphatic rings. The Kier molecular flexibility index (Phi) is 6.39. The molecule has 2 aliphatic heterocycles. The number of hydrogen-bond donors (Lipinski definition) is 1. The van der Waals surface area contributed by atoms with E-state index in [2.05, 4.69) is 46.2 Å². The minimum Gasteiger partial charge on any atom is -0.493 e. The van der Waals surface area contributed by atoms with Gasteiger partial charge >= 0.3 is 6.09 Å². The maximum atomic E-state index is 11.2. The summed E-state index contributed by atoms with van der Waals surface area (Å²) < 4.78 is 6.17. The number of likely N-dealkylation sites (tertiary alicyclic amines) is 1. The largest absolute Gasteiger partial charge is 0.493 e. The highest BCUT2D eigenvalue weighted by atomic mass is 16.5. The van der Waals surface area contributed by atoms with Gasteiger partial charge in [-0.05, 0) is 44.5 Å². The number of nitrogens with zero attached hydrogens (tertiary/aromatic N) is 3. The van der Waals surface area contributed by atoms with Crippen LogP contribution in [0.15, 0.2) is 36.4 Å². The maximum Gasteiger partial charge on any atom is 0.407 e. The van der Waals surface area contributed by atoms with Crippen LogP contribution >= 0.6 is 0 Å². The predicted octanol–water partition coefficient (Wildman–Crippen LogP) is 3.89. The zero-order valence-corrected chi connectivity index (χ0v) is 17.1. The molecule has 2 aromatic carbocycles. The van der Waals surface area contributed by atoms with Crippen LogP contribution in [-0.2, 0) is 0 Å². The number of piperazine rings is 1. The number of hydrogen-bond acceptors (Lipinski definition) is 4. The van der Waals surface area contributed by atoms with E-state index in [1.54, 1.807) is 0 Å². The fraction of sp³-hybridized carbons (Fsp3) is 0.522. The van der Waals surface area contributed by atoms with E-state index in [1.807, 2.05) is 0 Å². The first-order valence-corrected chi connectivity index (χ1v) is 10.8. The molecule has 29 heavy (non-hydrogen) atoms. The van der Waals surface area contributed by atoms with Gasteiger partial charge in [0.1, 0.15) is 5.75 Å². The van der Waals surface area contributed by atoms with E-state index in [-0.39, 0.29) is 0 Å². The molecule has 0 spiro atoms. The Morgan fingerprint density at radius 1 is 0.897 bits per heavy atom. The summed E-state index contributed by atoms with van der Waals surface area (Å²) in [5.74, 6) is 0.937. The van der Waals surface area contributed by atoms with Crippen molar-refractivity contribution in [3.05, 3.63) is 36.4 Å². The molecule has 2 saturated heterocycles. The lowest BCUT2D eigenvalue weighted by molar-refractivity contribution is 0.142. The van der Waals surface area contributed by atoms with E-state index in [0.29, 0.717) is 26.2 Å². The Balaban J connectivity index is 1.41. The van der Waals surface area contributed by atoms with Crippen LogP contribution in [0.2, 0.25) is 0 Å². The molecule has 0 saturated carbocycles. The fourth-order valence-corrected chi connectivity index (χ4v) is 4.45. The number of rotatable bonds is 6. The third-order valence-electron chi connectivity index (χ3n) is 6.08. The topological polar surface area (TPSA) is 56.3 Å². The highest BCUT2D eigenvalue weighted by molar-refractivity contribution is 5.98. The second-order valence-electron chi connectivity index (χ2n) is 7.99. The first-order chi connectivity index (χ1) is 14.2. The van der Waals surface area contributed by atoms with Gasteiger partial charge < -0.3 is 24.5 Å². The number of carbonyl (C=O) groups is 1. The monoisotopic (exact) mass is 397 g/mol. The highest BCUT2D eigenvalue weighted by Crippen LogP contribution is 2.34. The molecule has 1 N–H and O–H groups in total. The first-order valence-electron chi connectivity index (χ1n) is 10.8. The Morgan fingerprint density at radius 3 is 2.34 bits per heavy atom. The van der Waals surface area contributed by atoms with Crippen molar-refractivity contribution in [2.75, 3.05) is 57.3 Å². The number of anilines is 1. The van der Waals surface area contributed by atoms with Crippen molar-refractivity contribution in [1.82, 2.24) is 9.80 Å². The molecule has 2 fully saturated rings. The zero-order chi connectivity index (χ0) is 20.1. The Bertz CT molecular complexity index is 827. The summed E-state index contributed by atoms with van der Waals surface area (Å²) in [6.07, 6.45) is 4.24. The van der Waals surface area contributed by atoms with E-state index >= 15 is 0 Å². The molecule has 0 atom stereocenters. The molecule has 6 nitrogen and oxygen atoms in total. The third-order valence-corrected chi connectivity index (χ3v) is 6.08. The molecule has 0 radical (unpaired) electrons. The van der Waals surface area contributed by atoms with Gasteiger partial charge in [-0.2, -0.15) is 0 Å². The summed E-state index contributed by atoms with van der Waals surface area (Å²) in [6, 6.07) is 12.6. The Labute approximate surface area is 172 Å². The van der Waals surface area contributed by atoms with Crippen LogP contribution in [0.25, 0.3) is 10.8 Å². The molecule has 2 heterocycles. The minimum atomic E-state index is -0.831. The number of benzene rings is 2. The van der Waals surface area contributed by atoms with E-state index < -0.39 is 6.09 Å². The number of piperidine rings is 1. The quantitative estimate of drug-likeness (QED) is 0.750. The van der Waals surface area contributed by atoms with Gasteiger partial charge in [0.05, 0.1) is 6.61 Å². The third kappa shape index (κ3) is 4.75. The van der Waals surface area contributed by atoms with Gasteiger partial charge in [0.2, 0.25) is 0 Å². The molecule has 0 bridgehead atoms. The summed E-state index contributed by atoms with van der Waals surface area (Å²) in [7, 11) is 0. The molecule has 4 rings (SSSR count). The average molecular weight is 398 g/mol. The van der Waals surface area contributed by atoms with Crippen molar-refractivity contribution in [1.29, 1.82) is 0 Å². The summed E-state index contributed by atoms with van der Waals surface area (Å²) >= 11 is 0. The molecule has 6 heteroatoms. The average Bonchev–Trinajstić information content (AvgIpc) is 2.77. The van der Waals surface area contributed by atoms with E-state index in [0.717, 1.165) is 36.4 Å². The predicted molar refractivity (Wildman–Crippen MR) is 116 cm³/mol. The van der Waals surface area contributed by atoms with Gasteiger partial charge in [-0.1, -0.05) is 30.7 Å². The smallest absolute Gasteiger partial charge is 0.407 e. The van der Waals surface area contributed by atoms with Crippen molar-refractivity contribution in [3.8, 4) is 5.75 Å². The van der Waals surface area contributed by atoms with Crippen molar-refractivity contribution in [2.45, 2.75) is 25.7 Å². The van der Waals surface area contributed by atoms with Crippen LogP contribution < -0.4 is 9.64 Å². The molecular weight excluding hydrogens is 366 g/mol. The lowest BCUT2D eigenvalue weighted by atomic mass is 10.1. The standard InChI is InChI=1S/C23H31N3O3/c27-23(28)26-16-14-25(15-17-26)21-9-10-22(20-8-3-2-7-19(20)21)29-18-6-13-24-11-4-1-5-12-24/h2-3,7-10H,1,4-6,11-18H2,(H,27,28). The number of fused-ring (bicyclic) bond motifs is 1. The Hall–Kier alpha value is -2.47. The Morgan fingerprint density at radius 2 is 1.62 bits per heavy atom. The molecule has 0 unspecified atom stereocenters. The summed E-state index contributed by atoms with van der Waals surface area (Å²) in [5, 5.41) is 11.5. The van der Waals surface area contributed by atoms with Crippen LogP contribution in [0.5, 0.6) is 5.75 Å². The fourth-order valence-electron chi connectivity index (χ4n) is 4.45. The van der Waals surface area contributed by atoms with Gasteiger partial charge in [0.15, 0.2) is 0 Å². The van der Waals surface area contributed by atoms with Crippen LogP contribution in [0, 0.1) is 0 Å². The van der Waals surface area contributed by atoms with Gasteiger partial charge in [0, 0.05) is 49.2 Å². The van der Waals surface area contributed by atoms with Gasteiger partial charge in [-0.25, -0.2) is 4.79 Å². The minimum absolute atomic E-state index is 0.540. The van der Waals surface area contributed by atoms with Gasteiger partial charge in [0.25, 0.3) is 0 Å². The van der Waals surface area contributed by atoms with E-state index in [1.165, 1.54) is 42.6 Å². The van der Waals surface area contributed by atoms with Crippen LogP contribution in [-0.4, -0.2) is 73.4 Å². The SMILES string of the molecule is O=C(O)N1CCN(c2ccc(OCCCN3CCCCC3)c3ccccc23)CC1. The number of carboxylic acid groups (broad SMARTS) is 1. The summed E-state index contributed by atoms with van der Waals surface area (Å²) in [6.45, 7) is 6.82. The lowest BCUT2D eigenvalue weighted by Crippen LogP contribution is -2.48. The van der Waals surface area contributed by atoms with Crippen LogP contribution in [0.1, 0.15) is 25.7 Å². The maximum absolute atomic E-state index is 11.2. The summed E-state index contributed by atoms with van der Waals surface area (Å²) in [5.41, 5.74) is 1.16. The molecule has 0 aliphatic carbocycles. The molecule has 1 amide bonds. The van der Waals surface area contributed by atoms with Crippen molar-refractivity contribution in [3.63, 3.8) is 0 Å². The first kappa shape index (κ1) is 19.8.